The second kappa shape index (κ2) is 5.44. The fourth-order valence-corrected chi connectivity index (χ4v) is 2.24. The molecule has 0 aliphatic heterocycles. The lowest BCUT2D eigenvalue weighted by molar-refractivity contribution is 0.503. The van der Waals surface area contributed by atoms with Crippen LogP contribution in [-0.2, 0) is 0 Å². The highest BCUT2D eigenvalue weighted by molar-refractivity contribution is 5.24. The standard InChI is InChI=1S/C14H20FN/c1-2-9-16-10-13(11-7-8-11)12-5-3-4-6-14(12)15/h3-6,11,13,16H,2,7-10H2,1H3. The van der Waals surface area contributed by atoms with Crippen molar-refractivity contribution >= 4 is 0 Å². The number of halogens is 1. The van der Waals surface area contributed by atoms with Crippen molar-refractivity contribution in [2.45, 2.75) is 32.1 Å². The third-order valence-electron chi connectivity index (χ3n) is 3.29. The number of rotatable bonds is 6. The topological polar surface area (TPSA) is 12.0 Å². The van der Waals surface area contributed by atoms with Crippen LogP contribution in [0.15, 0.2) is 24.3 Å². The van der Waals surface area contributed by atoms with E-state index in [1.165, 1.54) is 12.8 Å². The number of benzene rings is 1. The summed E-state index contributed by atoms with van der Waals surface area (Å²) in [6.07, 6.45) is 3.65. The van der Waals surface area contributed by atoms with Crippen molar-refractivity contribution in [1.82, 2.24) is 5.32 Å². The normalized spacial score (nSPS) is 17.4. The minimum atomic E-state index is -0.0438. The third-order valence-corrected chi connectivity index (χ3v) is 3.29. The van der Waals surface area contributed by atoms with Gasteiger partial charge in [-0.25, -0.2) is 4.39 Å². The van der Waals surface area contributed by atoms with Gasteiger partial charge in [-0.15, -0.1) is 0 Å². The molecule has 1 unspecified atom stereocenters. The molecule has 0 radical (unpaired) electrons. The van der Waals surface area contributed by atoms with E-state index in [2.05, 4.69) is 12.2 Å². The summed E-state index contributed by atoms with van der Waals surface area (Å²) in [6, 6.07) is 7.21. The van der Waals surface area contributed by atoms with Gasteiger partial charge >= 0.3 is 0 Å². The van der Waals surface area contributed by atoms with Crippen molar-refractivity contribution in [3.8, 4) is 0 Å². The molecule has 0 heterocycles. The van der Waals surface area contributed by atoms with Crippen molar-refractivity contribution in [1.29, 1.82) is 0 Å². The highest BCUT2D eigenvalue weighted by Gasteiger charge is 2.33. The van der Waals surface area contributed by atoms with E-state index in [-0.39, 0.29) is 5.82 Å². The molecule has 16 heavy (non-hydrogen) atoms. The summed E-state index contributed by atoms with van der Waals surface area (Å²) in [7, 11) is 0. The molecule has 1 aliphatic rings. The molecule has 1 aliphatic carbocycles. The Balaban J connectivity index is 2.04. The molecule has 1 saturated carbocycles. The number of hydrogen-bond acceptors (Lipinski definition) is 1. The Kier molecular flexibility index (Phi) is 3.94. The average molecular weight is 221 g/mol. The Hall–Kier alpha value is -0.890. The zero-order chi connectivity index (χ0) is 11.4. The Morgan fingerprint density at radius 1 is 1.38 bits per heavy atom. The summed E-state index contributed by atoms with van der Waals surface area (Å²) in [5.41, 5.74) is 0.897. The van der Waals surface area contributed by atoms with Crippen molar-refractivity contribution in [2.24, 2.45) is 5.92 Å². The first-order chi connectivity index (χ1) is 7.83. The Labute approximate surface area is 97.1 Å². The fourth-order valence-electron chi connectivity index (χ4n) is 2.24. The fraction of sp³-hybridized carbons (Fsp3) is 0.571. The van der Waals surface area contributed by atoms with Crippen LogP contribution in [0.25, 0.3) is 0 Å². The Bertz CT molecular complexity index is 333. The van der Waals surface area contributed by atoms with Gasteiger partial charge < -0.3 is 5.32 Å². The van der Waals surface area contributed by atoms with Crippen molar-refractivity contribution < 1.29 is 4.39 Å². The first-order valence-corrected chi connectivity index (χ1v) is 6.28. The molecule has 1 N–H and O–H groups in total. The van der Waals surface area contributed by atoms with Gasteiger partial charge in [0.1, 0.15) is 5.82 Å². The van der Waals surface area contributed by atoms with Crippen molar-refractivity contribution in [2.75, 3.05) is 13.1 Å². The maximum Gasteiger partial charge on any atom is 0.126 e. The summed E-state index contributed by atoms with van der Waals surface area (Å²) in [6.45, 7) is 4.10. The highest BCUT2D eigenvalue weighted by Crippen LogP contribution is 2.42. The molecule has 0 bridgehead atoms. The van der Waals surface area contributed by atoms with Gasteiger partial charge in [-0.3, -0.25) is 0 Å². The van der Waals surface area contributed by atoms with E-state index < -0.39 is 0 Å². The lowest BCUT2D eigenvalue weighted by Gasteiger charge is -2.18. The van der Waals surface area contributed by atoms with E-state index in [9.17, 15) is 4.39 Å². The van der Waals surface area contributed by atoms with Crippen LogP contribution in [0.2, 0.25) is 0 Å². The summed E-state index contributed by atoms with van der Waals surface area (Å²) < 4.78 is 13.7. The highest BCUT2D eigenvalue weighted by atomic mass is 19.1. The van der Waals surface area contributed by atoms with Gasteiger partial charge in [0.25, 0.3) is 0 Å². The zero-order valence-corrected chi connectivity index (χ0v) is 9.88. The summed E-state index contributed by atoms with van der Waals surface area (Å²) in [5, 5.41) is 3.42. The minimum Gasteiger partial charge on any atom is -0.316 e. The molecule has 88 valence electrons. The predicted molar refractivity (Wildman–Crippen MR) is 65.0 cm³/mol. The van der Waals surface area contributed by atoms with E-state index in [1.54, 1.807) is 12.1 Å². The van der Waals surface area contributed by atoms with E-state index in [0.29, 0.717) is 11.8 Å². The van der Waals surface area contributed by atoms with E-state index in [4.69, 9.17) is 0 Å². The quantitative estimate of drug-likeness (QED) is 0.727. The van der Waals surface area contributed by atoms with E-state index in [1.807, 2.05) is 12.1 Å². The monoisotopic (exact) mass is 221 g/mol. The molecule has 2 rings (SSSR count). The smallest absolute Gasteiger partial charge is 0.126 e. The van der Waals surface area contributed by atoms with Crippen LogP contribution in [0.5, 0.6) is 0 Å². The number of nitrogens with one attached hydrogen (secondary N) is 1. The molecule has 1 aromatic rings. The second-order valence-electron chi connectivity index (χ2n) is 4.67. The van der Waals surface area contributed by atoms with Crippen LogP contribution in [0, 0.1) is 11.7 Å². The second-order valence-corrected chi connectivity index (χ2v) is 4.67. The molecular formula is C14H20FN. The molecule has 1 fully saturated rings. The van der Waals surface area contributed by atoms with Gasteiger partial charge in [-0.2, -0.15) is 0 Å². The average Bonchev–Trinajstić information content (AvgIpc) is 3.10. The molecule has 1 nitrogen and oxygen atoms in total. The first kappa shape index (κ1) is 11.6. The predicted octanol–water partition coefficient (Wildman–Crippen LogP) is 3.32. The molecule has 0 spiro atoms. The van der Waals surface area contributed by atoms with E-state index >= 15 is 0 Å². The SMILES string of the molecule is CCCNCC(c1ccccc1F)C1CC1. The third kappa shape index (κ3) is 2.82. The van der Waals surface area contributed by atoms with Crippen LogP contribution in [0.4, 0.5) is 4.39 Å². The summed E-state index contributed by atoms with van der Waals surface area (Å²) in [4.78, 5) is 0. The van der Waals surface area contributed by atoms with E-state index in [0.717, 1.165) is 25.1 Å². The first-order valence-electron chi connectivity index (χ1n) is 6.28. The molecule has 0 saturated heterocycles. The van der Waals surface area contributed by atoms with Crippen LogP contribution in [-0.4, -0.2) is 13.1 Å². The van der Waals surface area contributed by atoms with Gasteiger partial charge in [-0.05, 0) is 43.4 Å². The Morgan fingerprint density at radius 3 is 2.75 bits per heavy atom. The minimum absolute atomic E-state index is 0.0438. The molecular weight excluding hydrogens is 201 g/mol. The maximum atomic E-state index is 13.7. The van der Waals surface area contributed by atoms with Gasteiger partial charge in [0.05, 0.1) is 0 Å². The summed E-state index contributed by atoms with van der Waals surface area (Å²) in [5.74, 6) is 1.02. The molecule has 1 aromatic carbocycles. The Morgan fingerprint density at radius 2 is 2.12 bits per heavy atom. The van der Waals surface area contributed by atoms with Gasteiger partial charge in [-0.1, -0.05) is 25.1 Å². The largest absolute Gasteiger partial charge is 0.316 e. The van der Waals surface area contributed by atoms with Crippen LogP contribution in [0.3, 0.4) is 0 Å². The van der Waals surface area contributed by atoms with Gasteiger partial charge in [0.15, 0.2) is 0 Å². The zero-order valence-electron chi connectivity index (χ0n) is 9.88. The van der Waals surface area contributed by atoms with Crippen molar-refractivity contribution in [3.63, 3.8) is 0 Å². The molecule has 0 aromatic heterocycles. The van der Waals surface area contributed by atoms with Gasteiger partial charge in [0, 0.05) is 12.5 Å². The molecule has 0 amide bonds. The number of hydrogen-bond donors (Lipinski definition) is 1. The molecule has 2 heteroatoms. The van der Waals surface area contributed by atoms with Crippen molar-refractivity contribution in [3.05, 3.63) is 35.6 Å². The van der Waals surface area contributed by atoms with Crippen LogP contribution >= 0.6 is 0 Å². The van der Waals surface area contributed by atoms with Crippen LogP contribution in [0.1, 0.15) is 37.7 Å². The van der Waals surface area contributed by atoms with Crippen LogP contribution < -0.4 is 5.32 Å². The maximum absolute atomic E-state index is 13.7. The lowest BCUT2D eigenvalue weighted by Crippen LogP contribution is -2.24. The van der Waals surface area contributed by atoms with Gasteiger partial charge in [0.2, 0.25) is 0 Å². The molecule has 1 atom stereocenters. The summed E-state index contributed by atoms with van der Waals surface area (Å²) >= 11 is 0. The lowest BCUT2D eigenvalue weighted by atomic mass is 9.93.